The van der Waals surface area contributed by atoms with Gasteiger partial charge in [0.15, 0.2) is 0 Å². The largest absolute Gasteiger partial charge is 0.481 e. The molecule has 1 aliphatic heterocycles. The molecule has 0 spiro atoms. The van der Waals surface area contributed by atoms with Gasteiger partial charge < -0.3 is 10.0 Å². The molecule has 2 atom stereocenters. The predicted molar refractivity (Wildman–Crippen MR) is 101 cm³/mol. The topological polar surface area (TPSA) is 40.5 Å². The van der Waals surface area contributed by atoms with E-state index in [0.717, 1.165) is 25.9 Å². The van der Waals surface area contributed by atoms with Crippen molar-refractivity contribution in [3.05, 3.63) is 71.5 Å². The van der Waals surface area contributed by atoms with Crippen molar-refractivity contribution in [3.8, 4) is 0 Å². The maximum absolute atomic E-state index is 13.1. The summed E-state index contributed by atoms with van der Waals surface area (Å²) in [6.45, 7) is 4.06. The monoisotopic (exact) mass is 355 g/mol. The second kappa shape index (κ2) is 8.45. The summed E-state index contributed by atoms with van der Waals surface area (Å²) in [6.07, 6.45) is 2.74. The lowest BCUT2D eigenvalue weighted by atomic mass is 9.87. The average molecular weight is 355 g/mol. The van der Waals surface area contributed by atoms with Crippen LogP contribution in [0.2, 0.25) is 0 Å². The Balaban J connectivity index is 1.59. The molecule has 0 saturated carbocycles. The minimum atomic E-state index is -0.845. The first-order chi connectivity index (χ1) is 12.5. The van der Waals surface area contributed by atoms with Crippen LogP contribution in [0.25, 0.3) is 0 Å². The van der Waals surface area contributed by atoms with Crippen LogP contribution in [-0.2, 0) is 4.79 Å². The molecule has 1 saturated heterocycles. The number of benzene rings is 2. The summed E-state index contributed by atoms with van der Waals surface area (Å²) in [6, 6.07) is 16.6. The van der Waals surface area contributed by atoms with Gasteiger partial charge in [-0.1, -0.05) is 42.5 Å². The maximum atomic E-state index is 13.1. The lowest BCUT2D eigenvalue weighted by Crippen LogP contribution is -2.40. The molecule has 2 aromatic rings. The molecule has 3 nitrogen and oxygen atoms in total. The lowest BCUT2D eigenvalue weighted by molar-refractivity contribution is -0.139. The van der Waals surface area contributed by atoms with Gasteiger partial charge in [-0.25, -0.2) is 4.39 Å². The molecule has 0 aromatic heterocycles. The van der Waals surface area contributed by atoms with Crippen molar-refractivity contribution in [3.63, 3.8) is 0 Å². The predicted octanol–water partition coefficient (Wildman–Crippen LogP) is 4.65. The zero-order chi connectivity index (χ0) is 18.5. The molecule has 4 heteroatoms. The average Bonchev–Trinajstić information content (AvgIpc) is 2.67. The Morgan fingerprint density at radius 2 is 1.73 bits per heavy atom. The van der Waals surface area contributed by atoms with Crippen LogP contribution >= 0.6 is 0 Å². The molecule has 1 N–H and O–H groups in total. The van der Waals surface area contributed by atoms with Crippen LogP contribution in [0.4, 0.5) is 4.39 Å². The van der Waals surface area contributed by atoms with E-state index >= 15 is 0 Å². The fraction of sp³-hybridized carbons (Fsp3) is 0.409. The molecular weight excluding hydrogens is 329 g/mol. The van der Waals surface area contributed by atoms with Gasteiger partial charge >= 0.3 is 5.97 Å². The van der Waals surface area contributed by atoms with E-state index in [-0.39, 0.29) is 11.9 Å². The van der Waals surface area contributed by atoms with E-state index in [1.165, 1.54) is 17.7 Å². The summed E-state index contributed by atoms with van der Waals surface area (Å²) in [4.78, 5) is 14.1. The van der Waals surface area contributed by atoms with E-state index in [4.69, 9.17) is 0 Å². The van der Waals surface area contributed by atoms with Crippen molar-refractivity contribution in [1.82, 2.24) is 4.90 Å². The highest BCUT2D eigenvalue weighted by atomic mass is 19.1. The number of halogens is 1. The standard InChI is InChI=1S/C22H26FNO2/c1-16(15-21(22(25)26)19-7-9-20(23)10-8-19)24-13-11-18(12-14-24)17-5-3-2-4-6-17/h2-10,16,18,21H,11-15H2,1H3,(H,25,26). The molecule has 0 aliphatic carbocycles. The number of hydrogen-bond acceptors (Lipinski definition) is 2. The number of piperidine rings is 1. The van der Waals surface area contributed by atoms with Gasteiger partial charge in [-0.05, 0) is 68.5 Å². The van der Waals surface area contributed by atoms with Gasteiger partial charge in [-0.3, -0.25) is 4.79 Å². The maximum Gasteiger partial charge on any atom is 0.311 e. The van der Waals surface area contributed by atoms with E-state index in [9.17, 15) is 14.3 Å². The van der Waals surface area contributed by atoms with Gasteiger partial charge in [0.2, 0.25) is 0 Å². The Hall–Kier alpha value is -2.20. The molecule has 2 aromatic carbocycles. The molecule has 1 aliphatic rings. The summed E-state index contributed by atoms with van der Waals surface area (Å²) in [7, 11) is 0. The van der Waals surface area contributed by atoms with Crippen LogP contribution in [0.1, 0.15) is 49.1 Å². The zero-order valence-electron chi connectivity index (χ0n) is 15.1. The van der Waals surface area contributed by atoms with Crippen LogP contribution in [0.3, 0.4) is 0 Å². The number of likely N-dealkylation sites (tertiary alicyclic amines) is 1. The Labute approximate surface area is 154 Å². The molecule has 0 bridgehead atoms. The van der Waals surface area contributed by atoms with Gasteiger partial charge in [0.25, 0.3) is 0 Å². The quantitative estimate of drug-likeness (QED) is 0.820. The Kier molecular flexibility index (Phi) is 6.04. The normalized spacial score (nSPS) is 18.4. The zero-order valence-corrected chi connectivity index (χ0v) is 15.1. The van der Waals surface area contributed by atoms with Crippen LogP contribution in [0.15, 0.2) is 54.6 Å². The highest BCUT2D eigenvalue weighted by molar-refractivity contribution is 5.76. The molecule has 138 valence electrons. The van der Waals surface area contributed by atoms with Gasteiger partial charge in [0, 0.05) is 6.04 Å². The van der Waals surface area contributed by atoms with Crippen molar-refractivity contribution in [2.45, 2.75) is 44.1 Å². The molecule has 0 amide bonds. The van der Waals surface area contributed by atoms with Crippen LogP contribution in [-0.4, -0.2) is 35.1 Å². The molecule has 1 fully saturated rings. The van der Waals surface area contributed by atoms with Crippen molar-refractivity contribution in [1.29, 1.82) is 0 Å². The first kappa shape index (κ1) is 18.6. The number of nitrogens with zero attached hydrogens (tertiary/aromatic N) is 1. The number of carboxylic acids is 1. The molecule has 0 radical (unpaired) electrons. The van der Waals surface area contributed by atoms with Crippen LogP contribution in [0.5, 0.6) is 0 Å². The second-order valence-electron chi connectivity index (χ2n) is 7.25. The smallest absolute Gasteiger partial charge is 0.311 e. The van der Waals surface area contributed by atoms with E-state index in [0.29, 0.717) is 17.9 Å². The third-order valence-corrected chi connectivity index (χ3v) is 5.57. The molecule has 2 unspecified atom stereocenters. The minimum Gasteiger partial charge on any atom is -0.481 e. The second-order valence-corrected chi connectivity index (χ2v) is 7.25. The number of rotatable bonds is 6. The van der Waals surface area contributed by atoms with E-state index < -0.39 is 11.9 Å². The molecular formula is C22H26FNO2. The highest BCUT2D eigenvalue weighted by Crippen LogP contribution is 2.31. The van der Waals surface area contributed by atoms with Gasteiger partial charge in [0.1, 0.15) is 5.82 Å². The van der Waals surface area contributed by atoms with Crippen molar-refractivity contribution >= 4 is 5.97 Å². The Morgan fingerprint density at radius 3 is 2.31 bits per heavy atom. The fourth-order valence-corrected chi connectivity index (χ4v) is 3.96. The first-order valence-electron chi connectivity index (χ1n) is 9.32. The van der Waals surface area contributed by atoms with Crippen LogP contribution in [0, 0.1) is 5.82 Å². The van der Waals surface area contributed by atoms with E-state index in [1.807, 2.05) is 6.07 Å². The Bertz CT molecular complexity index is 709. The van der Waals surface area contributed by atoms with Gasteiger partial charge in [0.05, 0.1) is 5.92 Å². The number of aliphatic carboxylic acids is 1. The summed E-state index contributed by atoms with van der Waals surface area (Å²) in [5, 5.41) is 9.62. The first-order valence-corrected chi connectivity index (χ1v) is 9.32. The summed E-state index contributed by atoms with van der Waals surface area (Å²) >= 11 is 0. The SMILES string of the molecule is CC(CC(C(=O)O)c1ccc(F)cc1)N1CCC(c2ccccc2)CC1. The summed E-state index contributed by atoms with van der Waals surface area (Å²) in [5.74, 6) is -1.19. The van der Waals surface area contributed by atoms with Gasteiger partial charge in [-0.2, -0.15) is 0 Å². The van der Waals surface area contributed by atoms with E-state index in [1.54, 1.807) is 12.1 Å². The lowest BCUT2D eigenvalue weighted by Gasteiger charge is -2.37. The fourth-order valence-electron chi connectivity index (χ4n) is 3.96. The number of carboxylic acid groups (broad SMARTS) is 1. The van der Waals surface area contributed by atoms with Gasteiger partial charge in [-0.15, -0.1) is 0 Å². The van der Waals surface area contributed by atoms with Crippen molar-refractivity contribution in [2.24, 2.45) is 0 Å². The number of carbonyl (C=O) groups is 1. The Morgan fingerprint density at radius 1 is 1.12 bits per heavy atom. The highest BCUT2D eigenvalue weighted by Gasteiger charge is 2.28. The summed E-state index contributed by atoms with van der Waals surface area (Å²) in [5.41, 5.74) is 2.07. The van der Waals surface area contributed by atoms with Crippen molar-refractivity contribution in [2.75, 3.05) is 13.1 Å². The molecule has 26 heavy (non-hydrogen) atoms. The minimum absolute atomic E-state index is 0.179. The van der Waals surface area contributed by atoms with Crippen LogP contribution < -0.4 is 0 Å². The van der Waals surface area contributed by atoms with E-state index in [2.05, 4.69) is 36.1 Å². The third-order valence-electron chi connectivity index (χ3n) is 5.57. The molecule has 3 rings (SSSR count). The third kappa shape index (κ3) is 4.50. The number of hydrogen-bond donors (Lipinski definition) is 1. The molecule has 1 heterocycles. The summed E-state index contributed by atoms with van der Waals surface area (Å²) < 4.78 is 13.1. The van der Waals surface area contributed by atoms with Crippen molar-refractivity contribution < 1.29 is 14.3 Å².